The van der Waals surface area contributed by atoms with Crippen molar-refractivity contribution in [1.29, 1.82) is 0 Å². The third kappa shape index (κ3) is 4.46. The Morgan fingerprint density at radius 1 is 1.03 bits per heavy atom. The van der Waals surface area contributed by atoms with Crippen molar-refractivity contribution in [3.05, 3.63) is 90.1 Å². The van der Waals surface area contributed by atoms with Crippen LogP contribution in [-0.4, -0.2) is 37.8 Å². The van der Waals surface area contributed by atoms with Crippen molar-refractivity contribution in [3.8, 4) is 16.9 Å². The van der Waals surface area contributed by atoms with Gasteiger partial charge in [0.2, 0.25) is 0 Å². The summed E-state index contributed by atoms with van der Waals surface area (Å²) in [6.07, 6.45) is 7.86. The second-order valence-corrected chi connectivity index (χ2v) is 7.64. The molecule has 0 aliphatic rings. The van der Waals surface area contributed by atoms with Crippen molar-refractivity contribution in [2.24, 2.45) is 0 Å². The Morgan fingerprint density at radius 2 is 1.86 bits per heavy atom. The minimum Gasteiger partial charge on any atom is -0.336 e. The van der Waals surface area contributed by atoms with Crippen LogP contribution in [0.3, 0.4) is 0 Å². The lowest BCUT2D eigenvalue weighted by atomic mass is 10.1. The van der Waals surface area contributed by atoms with Crippen molar-refractivity contribution in [1.82, 2.24) is 24.2 Å². The number of hydrogen-bond donors (Lipinski definition) is 0. The molecule has 4 aromatic rings. The summed E-state index contributed by atoms with van der Waals surface area (Å²) in [6, 6.07) is 16.9. The standard InChI is InChI=1S/C24H27N5/c1-19-9-10-20(2)23(15-19)29-17-22(24(26-29)21-7-5-4-6-8-21)16-27(3)13-14-28-12-11-25-18-28/h4-12,15,17-18H,13-14,16H2,1-3H3. The van der Waals surface area contributed by atoms with Crippen LogP contribution in [0.5, 0.6) is 0 Å². The van der Waals surface area contributed by atoms with Gasteiger partial charge in [0.15, 0.2) is 0 Å². The van der Waals surface area contributed by atoms with Crippen LogP contribution in [0.25, 0.3) is 16.9 Å². The highest BCUT2D eigenvalue weighted by atomic mass is 15.3. The summed E-state index contributed by atoms with van der Waals surface area (Å²) in [5, 5.41) is 4.99. The second-order valence-electron chi connectivity index (χ2n) is 7.64. The van der Waals surface area contributed by atoms with Crippen molar-refractivity contribution >= 4 is 0 Å². The Hall–Kier alpha value is -3.18. The van der Waals surface area contributed by atoms with Gasteiger partial charge in [0, 0.05) is 49.4 Å². The first-order valence-corrected chi connectivity index (χ1v) is 9.96. The molecule has 0 fully saturated rings. The van der Waals surface area contributed by atoms with E-state index in [0.717, 1.165) is 36.6 Å². The second kappa shape index (κ2) is 8.45. The summed E-state index contributed by atoms with van der Waals surface area (Å²) in [5.41, 5.74) is 7.01. The van der Waals surface area contributed by atoms with Gasteiger partial charge in [0.1, 0.15) is 0 Å². The molecule has 0 amide bonds. The van der Waals surface area contributed by atoms with Gasteiger partial charge in [-0.3, -0.25) is 0 Å². The lowest BCUT2D eigenvalue weighted by Gasteiger charge is -2.16. The number of hydrogen-bond acceptors (Lipinski definition) is 3. The van der Waals surface area contributed by atoms with E-state index < -0.39 is 0 Å². The molecule has 0 N–H and O–H groups in total. The Kier molecular flexibility index (Phi) is 5.58. The molecule has 0 aliphatic carbocycles. The van der Waals surface area contributed by atoms with Crippen LogP contribution in [0, 0.1) is 13.8 Å². The lowest BCUT2D eigenvalue weighted by molar-refractivity contribution is 0.312. The van der Waals surface area contributed by atoms with Crippen LogP contribution in [0.4, 0.5) is 0 Å². The van der Waals surface area contributed by atoms with Crippen molar-refractivity contribution < 1.29 is 0 Å². The maximum absolute atomic E-state index is 4.99. The molecule has 0 saturated carbocycles. The van der Waals surface area contributed by atoms with Crippen LogP contribution in [0.2, 0.25) is 0 Å². The highest BCUT2D eigenvalue weighted by molar-refractivity contribution is 5.63. The summed E-state index contributed by atoms with van der Waals surface area (Å²) in [4.78, 5) is 6.45. The number of rotatable bonds is 7. The van der Waals surface area contributed by atoms with Gasteiger partial charge in [-0.1, -0.05) is 42.5 Å². The van der Waals surface area contributed by atoms with E-state index in [0.29, 0.717) is 0 Å². The first-order valence-electron chi connectivity index (χ1n) is 9.96. The fraction of sp³-hybridized carbons (Fsp3) is 0.250. The average Bonchev–Trinajstić information content (AvgIpc) is 3.39. The maximum atomic E-state index is 4.99. The largest absolute Gasteiger partial charge is 0.336 e. The molecule has 0 spiro atoms. The molecule has 29 heavy (non-hydrogen) atoms. The summed E-state index contributed by atoms with van der Waals surface area (Å²) in [5.74, 6) is 0. The Morgan fingerprint density at radius 3 is 2.62 bits per heavy atom. The Labute approximate surface area is 172 Å². The van der Waals surface area contributed by atoms with Gasteiger partial charge in [0.25, 0.3) is 0 Å². The highest BCUT2D eigenvalue weighted by Gasteiger charge is 2.15. The minimum absolute atomic E-state index is 0.837. The SMILES string of the molecule is Cc1ccc(C)c(-n2cc(CN(C)CCn3ccnc3)c(-c3ccccc3)n2)c1. The smallest absolute Gasteiger partial charge is 0.0972 e. The van der Waals surface area contributed by atoms with Crippen molar-refractivity contribution in [3.63, 3.8) is 0 Å². The van der Waals surface area contributed by atoms with E-state index in [1.54, 1.807) is 0 Å². The van der Waals surface area contributed by atoms with Crippen LogP contribution >= 0.6 is 0 Å². The molecule has 5 nitrogen and oxygen atoms in total. The van der Waals surface area contributed by atoms with Gasteiger partial charge >= 0.3 is 0 Å². The topological polar surface area (TPSA) is 38.9 Å². The fourth-order valence-corrected chi connectivity index (χ4v) is 3.53. The third-order valence-corrected chi connectivity index (χ3v) is 5.19. The molecule has 0 saturated heterocycles. The molecule has 0 atom stereocenters. The van der Waals surface area contributed by atoms with E-state index in [1.165, 1.54) is 16.7 Å². The van der Waals surface area contributed by atoms with E-state index in [-0.39, 0.29) is 0 Å². The van der Waals surface area contributed by atoms with E-state index in [2.05, 4.69) is 84.0 Å². The Balaban J connectivity index is 1.64. The summed E-state index contributed by atoms with van der Waals surface area (Å²) in [7, 11) is 2.15. The number of nitrogens with zero attached hydrogens (tertiary/aromatic N) is 5. The molecule has 0 unspecified atom stereocenters. The van der Waals surface area contributed by atoms with E-state index in [9.17, 15) is 0 Å². The third-order valence-electron chi connectivity index (χ3n) is 5.19. The molecule has 5 heteroatoms. The molecule has 2 heterocycles. The molecular formula is C24H27N5. The molecule has 0 aliphatic heterocycles. The van der Waals surface area contributed by atoms with Crippen LogP contribution < -0.4 is 0 Å². The monoisotopic (exact) mass is 385 g/mol. The molecular weight excluding hydrogens is 358 g/mol. The van der Waals surface area contributed by atoms with Crippen LogP contribution in [0.15, 0.2) is 73.4 Å². The van der Waals surface area contributed by atoms with Gasteiger partial charge < -0.3 is 9.47 Å². The molecule has 148 valence electrons. The molecule has 0 bridgehead atoms. The Bertz CT molecular complexity index is 1060. The fourth-order valence-electron chi connectivity index (χ4n) is 3.53. The molecule has 2 aromatic heterocycles. The summed E-state index contributed by atoms with van der Waals surface area (Å²) < 4.78 is 4.14. The van der Waals surface area contributed by atoms with Gasteiger partial charge in [-0.2, -0.15) is 5.10 Å². The van der Waals surface area contributed by atoms with Crippen molar-refractivity contribution in [2.75, 3.05) is 13.6 Å². The quantitative estimate of drug-likeness (QED) is 0.471. The van der Waals surface area contributed by atoms with E-state index >= 15 is 0 Å². The summed E-state index contributed by atoms with van der Waals surface area (Å²) >= 11 is 0. The highest BCUT2D eigenvalue weighted by Crippen LogP contribution is 2.26. The van der Waals surface area contributed by atoms with Gasteiger partial charge in [-0.15, -0.1) is 0 Å². The minimum atomic E-state index is 0.837. The number of benzene rings is 2. The maximum Gasteiger partial charge on any atom is 0.0972 e. The van der Waals surface area contributed by atoms with Gasteiger partial charge in [-0.25, -0.2) is 9.67 Å². The normalized spacial score (nSPS) is 11.3. The van der Waals surface area contributed by atoms with Crippen LogP contribution in [-0.2, 0) is 13.1 Å². The zero-order valence-corrected chi connectivity index (χ0v) is 17.3. The van der Waals surface area contributed by atoms with Gasteiger partial charge in [-0.05, 0) is 38.1 Å². The number of imidazole rings is 1. The zero-order valence-electron chi connectivity index (χ0n) is 17.3. The van der Waals surface area contributed by atoms with Crippen LogP contribution in [0.1, 0.15) is 16.7 Å². The first kappa shape index (κ1) is 19.2. The molecule has 4 rings (SSSR count). The predicted molar refractivity (Wildman–Crippen MR) is 117 cm³/mol. The first-order chi connectivity index (χ1) is 14.1. The van der Waals surface area contributed by atoms with E-state index in [1.807, 2.05) is 29.5 Å². The average molecular weight is 386 g/mol. The predicted octanol–water partition coefficient (Wildman–Crippen LogP) is 4.48. The zero-order chi connectivity index (χ0) is 20.2. The van der Waals surface area contributed by atoms with Gasteiger partial charge in [0.05, 0.1) is 17.7 Å². The molecule has 2 aromatic carbocycles. The number of aryl methyl sites for hydroxylation is 2. The number of aromatic nitrogens is 4. The van der Waals surface area contributed by atoms with Crippen molar-refractivity contribution in [2.45, 2.75) is 26.9 Å². The lowest BCUT2D eigenvalue weighted by Crippen LogP contribution is -2.22. The van der Waals surface area contributed by atoms with E-state index in [4.69, 9.17) is 5.10 Å². The molecule has 0 radical (unpaired) electrons. The summed E-state index contributed by atoms with van der Waals surface area (Å²) in [6.45, 7) is 6.95. The number of likely N-dealkylation sites (N-methyl/N-ethyl adjacent to an activating group) is 1.